The summed E-state index contributed by atoms with van der Waals surface area (Å²) in [6.45, 7) is 9.87. The van der Waals surface area contributed by atoms with Gasteiger partial charge in [-0.15, -0.1) is 0 Å². The van der Waals surface area contributed by atoms with Crippen LogP contribution in [0.25, 0.3) is 0 Å². The molecule has 1 aromatic heterocycles. The Hall–Kier alpha value is -0.880. The zero-order chi connectivity index (χ0) is 17.6. The van der Waals surface area contributed by atoms with Crippen molar-refractivity contribution in [2.45, 2.75) is 65.5 Å². The van der Waals surface area contributed by atoms with Crippen LogP contribution in [0.4, 0.5) is 5.82 Å². The van der Waals surface area contributed by atoms with Crippen LogP contribution in [0, 0.1) is 5.92 Å². The third-order valence-corrected chi connectivity index (χ3v) is 4.21. The van der Waals surface area contributed by atoms with Crippen LogP contribution >= 0.6 is 27.5 Å². The number of nitrogens with zero attached hydrogens (tertiary/aromatic N) is 2. The number of halogens is 2. The molecule has 1 aromatic rings. The number of ether oxygens (including phenoxy) is 1. The van der Waals surface area contributed by atoms with E-state index in [0.717, 1.165) is 10.9 Å². The molecule has 7 heteroatoms. The monoisotopic (exact) mass is 405 g/mol. The lowest BCUT2D eigenvalue weighted by atomic mass is 9.95. The van der Waals surface area contributed by atoms with Crippen LogP contribution in [0.2, 0.25) is 5.28 Å². The number of hydrogen-bond acceptors (Lipinski definition) is 5. The average molecular weight is 407 g/mol. The highest BCUT2D eigenvalue weighted by Crippen LogP contribution is 2.25. The second kappa shape index (κ2) is 8.83. The summed E-state index contributed by atoms with van der Waals surface area (Å²) in [4.78, 5) is 20.1. The van der Waals surface area contributed by atoms with Gasteiger partial charge in [0, 0.05) is 18.7 Å². The molecule has 1 rings (SSSR count). The van der Waals surface area contributed by atoms with Crippen molar-refractivity contribution in [3.8, 4) is 0 Å². The van der Waals surface area contributed by atoms with Gasteiger partial charge in [0.05, 0.1) is 4.47 Å². The molecule has 130 valence electrons. The van der Waals surface area contributed by atoms with Crippen molar-refractivity contribution in [1.82, 2.24) is 9.97 Å². The summed E-state index contributed by atoms with van der Waals surface area (Å²) in [5, 5.41) is 3.55. The highest BCUT2D eigenvalue weighted by atomic mass is 79.9. The molecule has 0 aliphatic carbocycles. The summed E-state index contributed by atoms with van der Waals surface area (Å²) in [5.41, 5.74) is -0.459. The van der Waals surface area contributed by atoms with Gasteiger partial charge >= 0.3 is 5.97 Å². The second-order valence-electron chi connectivity index (χ2n) is 6.60. The Morgan fingerprint density at radius 2 is 2.13 bits per heavy atom. The van der Waals surface area contributed by atoms with E-state index in [9.17, 15) is 4.79 Å². The number of esters is 1. The molecule has 0 fully saturated rings. The van der Waals surface area contributed by atoms with Crippen molar-refractivity contribution in [3.63, 3.8) is 0 Å². The zero-order valence-corrected chi connectivity index (χ0v) is 16.7. The van der Waals surface area contributed by atoms with Crippen molar-refractivity contribution in [2.75, 3.05) is 5.32 Å². The number of aromatic nitrogens is 2. The van der Waals surface area contributed by atoms with Crippen LogP contribution in [0.1, 0.15) is 53.9 Å². The molecule has 1 heterocycles. The number of carbonyl (C=O) groups excluding carboxylic acids is 1. The molecule has 0 amide bonds. The molecule has 0 saturated heterocycles. The maximum Gasteiger partial charge on any atom is 0.306 e. The van der Waals surface area contributed by atoms with Gasteiger partial charge in [-0.1, -0.05) is 20.3 Å². The minimum Gasteiger partial charge on any atom is -0.460 e. The third kappa shape index (κ3) is 7.48. The number of hydrogen-bond donors (Lipinski definition) is 1. The SMILES string of the molecule is CCC(C)[C@@H](CCC(=O)OC(C)(C)C)Nc1nc(Cl)ncc1Br. The highest BCUT2D eigenvalue weighted by Gasteiger charge is 2.22. The van der Waals surface area contributed by atoms with Gasteiger partial charge in [0.25, 0.3) is 0 Å². The van der Waals surface area contributed by atoms with Crippen molar-refractivity contribution >= 4 is 39.3 Å². The number of nitrogens with one attached hydrogen (secondary N) is 1. The van der Waals surface area contributed by atoms with Crippen molar-refractivity contribution in [2.24, 2.45) is 5.92 Å². The molecule has 0 saturated carbocycles. The Bertz CT molecular complexity index is 535. The van der Waals surface area contributed by atoms with Gasteiger partial charge in [0.2, 0.25) is 5.28 Å². The molecule has 23 heavy (non-hydrogen) atoms. The van der Waals surface area contributed by atoms with Crippen LogP contribution in [0.15, 0.2) is 10.7 Å². The molecule has 0 aliphatic rings. The second-order valence-corrected chi connectivity index (χ2v) is 7.79. The van der Waals surface area contributed by atoms with Gasteiger partial charge < -0.3 is 10.1 Å². The number of anilines is 1. The fraction of sp³-hybridized carbons (Fsp3) is 0.688. The fourth-order valence-corrected chi connectivity index (χ4v) is 2.51. The van der Waals surface area contributed by atoms with E-state index in [1.54, 1.807) is 6.20 Å². The minimum absolute atomic E-state index is 0.0924. The maximum atomic E-state index is 11.9. The number of carbonyl (C=O) groups is 1. The van der Waals surface area contributed by atoms with Crippen LogP contribution in [0.5, 0.6) is 0 Å². The standard InChI is InChI=1S/C16H25BrClN3O2/c1-6-10(2)12(7-8-13(22)23-16(3,4)5)20-14-11(17)9-19-15(18)21-14/h9-10,12H,6-8H2,1-5H3,(H,19,20,21)/t10?,12-/m1/s1. The Labute approximate surface area is 151 Å². The largest absolute Gasteiger partial charge is 0.460 e. The van der Waals surface area contributed by atoms with Gasteiger partial charge in [-0.05, 0) is 60.6 Å². The molecule has 5 nitrogen and oxygen atoms in total. The van der Waals surface area contributed by atoms with E-state index in [-0.39, 0.29) is 17.3 Å². The van der Waals surface area contributed by atoms with E-state index in [4.69, 9.17) is 16.3 Å². The Balaban J connectivity index is 2.73. The molecule has 0 bridgehead atoms. The predicted octanol–water partition coefficient (Wildman–Crippen LogP) is 4.84. The van der Waals surface area contributed by atoms with E-state index in [1.807, 2.05) is 20.8 Å². The van der Waals surface area contributed by atoms with Crippen LogP contribution in [0.3, 0.4) is 0 Å². The summed E-state index contributed by atoms with van der Waals surface area (Å²) in [6.07, 6.45) is 3.62. The van der Waals surface area contributed by atoms with Crippen LogP contribution < -0.4 is 5.32 Å². The molecular weight excluding hydrogens is 382 g/mol. The van der Waals surface area contributed by atoms with Crippen molar-refractivity contribution in [3.05, 3.63) is 16.0 Å². The number of rotatable bonds is 7. The fourth-order valence-electron chi connectivity index (χ4n) is 2.07. The molecular formula is C16H25BrClN3O2. The highest BCUT2D eigenvalue weighted by molar-refractivity contribution is 9.10. The lowest BCUT2D eigenvalue weighted by Crippen LogP contribution is -2.30. The summed E-state index contributed by atoms with van der Waals surface area (Å²) in [6, 6.07) is 0.0924. The molecule has 0 spiro atoms. The van der Waals surface area contributed by atoms with E-state index in [0.29, 0.717) is 24.6 Å². The lowest BCUT2D eigenvalue weighted by Gasteiger charge is -2.26. The molecule has 1 unspecified atom stereocenters. The zero-order valence-electron chi connectivity index (χ0n) is 14.3. The molecule has 2 atom stereocenters. The summed E-state index contributed by atoms with van der Waals surface area (Å²) >= 11 is 9.27. The van der Waals surface area contributed by atoms with Crippen molar-refractivity contribution in [1.29, 1.82) is 0 Å². The molecule has 1 N–H and O–H groups in total. The predicted molar refractivity (Wildman–Crippen MR) is 96.7 cm³/mol. The minimum atomic E-state index is -0.459. The maximum absolute atomic E-state index is 11.9. The first-order valence-corrected chi connectivity index (χ1v) is 8.96. The average Bonchev–Trinajstić information content (AvgIpc) is 2.44. The van der Waals surface area contributed by atoms with Crippen molar-refractivity contribution < 1.29 is 9.53 Å². The normalized spacial score (nSPS) is 14.2. The lowest BCUT2D eigenvalue weighted by molar-refractivity contribution is -0.155. The van der Waals surface area contributed by atoms with Crippen LogP contribution in [-0.2, 0) is 9.53 Å². The molecule has 0 radical (unpaired) electrons. The van der Waals surface area contributed by atoms with Gasteiger partial charge in [-0.3, -0.25) is 4.79 Å². The van der Waals surface area contributed by atoms with Gasteiger partial charge in [0.1, 0.15) is 11.4 Å². The quantitative estimate of drug-likeness (QED) is 0.518. The molecule has 0 aliphatic heterocycles. The third-order valence-electron chi connectivity index (χ3n) is 3.45. The van der Waals surface area contributed by atoms with E-state index >= 15 is 0 Å². The Morgan fingerprint density at radius 3 is 2.70 bits per heavy atom. The Morgan fingerprint density at radius 1 is 1.48 bits per heavy atom. The van der Waals surface area contributed by atoms with E-state index in [1.165, 1.54) is 0 Å². The van der Waals surface area contributed by atoms with Gasteiger partial charge in [-0.25, -0.2) is 4.98 Å². The first kappa shape index (κ1) is 20.2. The van der Waals surface area contributed by atoms with E-state index in [2.05, 4.69) is 45.1 Å². The molecule has 0 aromatic carbocycles. The van der Waals surface area contributed by atoms with Gasteiger partial charge in [-0.2, -0.15) is 4.98 Å². The summed E-state index contributed by atoms with van der Waals surface area (Å²) in [7, 11) is 0. The summed E-state index contributed by atoms with van der Waals surface area (Å²) < 4.78 is 6.11. The smallest absolute Gasteiger partial charge is 0.306 e. The first-order valence-electron chi connectivity index (χ1n) is 7.78. The van der Waals surface area contributed by atoms with Gasteiger partial charge in [0.15, 0.2) is 0 Å². The van der Waals surface area contributed by atoms with Crippen LogP contribution in [-0.4, -0.2) is 27.6 Å². The van der Waals surface area contributed by atoms with E-state index < -0.39 is 5.60 Å². The topological polar surface area (TPSA) is 64.1 Å². The first-order chi connectivity index (χ1) is 10.6. The Kier molecular flexibility index (Phi) is 7.74. The summed E-state index contributed by atoms with van der Waals surface area (Å²) in [5.74, 6) is 0.824.